The second-order valence-corrected chi connectivity index (χ2v) is 9.93. The lowest BCUT2D eigenvalue weighted by Gasteiger charge is -2.21. The topological polar surface area (TPSA) is 106 Å². The van der Waals surface area contributed by atoms with E-state index < -0.39 is 12.1 Å². The Kier molecular flexibility index (Phi) is 6.23. The molecule has 194 valence electrons. The molecule has 3 aromatic rings. The van der Waals surface area contributed by atoms with E-state index in [2.05, 4.69) is 5.32 Å². The number of nitrogens with one attached hydrogen (secondary N) is 1. The molecule has 8 heteroatoms. The van der Waals surface area contributed by atoms with Crippen LogP contribution in [0.2, 0.25) is 0 Å². The van der Waals surface area contributed by atoms with Gasteiger partial charge >= 0.3 is 0 Å². The van der Waals surface area contributed by atoms with Crippen LogP contribution in [0.3, 0.4) is 0 Å². The molecule has 0 radical (unpaired) electrons. The van der Waals surface area contributed by atoms with Crippen molar-refractivity contribution in [1.82, 2.24) is 5.32 Å². The number of rotatable bonds is 6. The average molecular weight is 511 g/mol. The van der Waals surface area contributed by atoms with Crippen molar-refractivity contribution in [2.45, 2.75) is 44.4 Å². The van der Waals surface area contributed by atoms with Crippen molar-refractivity contribution in [2.24, 2.45) is 4.99 Å². The highest BCUT2D eigenvalue weighted by molar-refractivity contribution is 6.21. The maximum atomic E-state index is 13.7. The molecule has 1 atom stereocenters. The molecule has 38 heavy (non-hydrogen) atoms. The summed E-state index contributed by atoms with van der Waals surface area (Å²) < 4.78 is 11.6. The number of carbonyl (C=O) groups excluding carboxylic acids is 2. The van der Waals surface area contributed by atoms with E-state index in [0.717, 1.165) is 48.1 Å². The largest absolute Gasteiger partial charge is 0.493 e. The molecule has 8 nitrogen and oxygen atoms in total. The first kappa shape index (κ1) is 24.0. The third kappa shape index (κ3) is 4.36. The summed E-state index contributed by atoms with van der Waals surface area (Å²) in [5.41, 5.74) is 11.3. The highest BCUT2D eigenvalue weighted by Crippen LogP contribution is 2.38. The van der Waals surface area contributed by atoms with Gasteiger partial charge < -0.3 is 25.4 Å². The van der Waals surface area contributed by atoms with Gasteiger partial charge in [-0.3, -0.25) is 9.59 Å². The number of hydrogen-bond donors (Lipinski definition) is 2. The summed E-state index contributed by atoms with van der Waals surface area (Å²) in [7, 11) is 1.58. The number of benzene rings is 3. The minimum absolute atomic E-state index is 0.110. The van der Waals surface area contributed by atoms with E-state index >= 15 is 0 Å². The van der Waals surface area contributed by atoms with Gasteiger partial charge in [-0.2, -0.15) is 0 Å². The van der Waals surface area contributed by atoms with E-state index in [1.165, 1.54) is 0 Å². The second-order valence-electron chi connectivity index (χ2n) is 9.93. The Morgan fingerprint density at radius 1 is 1.05 bits per heavy atom. The summed E-state index contributed by atoms with van der Waals surface area (Å²) in [6.07, 6.45) is 3.93. The molecule has 3 N–H and O–H groups in total. The lowest BCUT2D eigenvalue weighted by atomic mass is 9.97. The molecule has 2 heterocycles. The zero-order valence-corrected chi connectivity index (χ0v) is 21.3. The van der Waals surface area contributed by atoms with Gasteiger partial charge in [0.2, 0.25) is 6.17 Å². The average Bonchev–Trinajstić information content (AvgIpc) is 3.58. The number of amides is 2. The minimum Gasteiger partial charge on any atom is -0.493 e. The smallest absolute Gasteiger partial charge is 0.272 e. The quantitative estimate of drug-likeness (QED) is 0.486. The van der Waals surface area contributed by atoms with Gasteiger partial charge in [0.25, 0.3) is 11.8 Å². The maximum Gasteiger partial charge on any atom is 0.272 e. The molecule has 1 saturated carbocycles. The summed E-state index contributed by atoms with van der Waals surface area (Å²) in [4.78, 5) is 33.7. The Morgan fingerprint density at radius 3 is 2.61 bits per heavy atom. The highest BCUT2D eigenvalue weighted by Gasteiger charge is 2.37. The molecule has 0 aromatic heterocycles. The molecular weight excluding hydrogens is 480 g/mol. The minimum atomic E-state index is -1.10. The molecule has 1 aliphatic carbocycles. The standard InChI is InChI=1S/C30H30N4O4/c1-37-24-12-11-20(16-25(24)38-22-9-5-6-10-22)29(35)33-28-30(36)34-14-13-19-15-21(31)17-23(27(19)34)26(32-28)18-7-3-2-4-8-18/h2-4,7-8,11-12,15-17,22,28H,5-6,9-10,13-14,31H2,1H3,(H,33,35)/t28-/m0/s1. The van der Waals surface area contributed by atoms with Gasteiger partial charge in [0, 0.05) is 28.9 Å². The van der Waals surface area contributed by atoms with E-state index in [9.17, 15) is 9.59 Å². The van der Waals surface area contributed by atoms with E-state index in [0.29, 0.717) is 41.4 Å². The van der Waals surface area contributed by atoms with Crippen LogP contribution in [-0.2, 0) is 11.2 Å². The Hall–Kier alpha value is -4.33. The summed E-state index contributed by atoms with van der Waals surface area (Å²) in [5.74, 6) is 0.411. The maximum absolute atomic E-state index is 13.7. The van der Waals surface area contributed by atoms with Gasteiger partial charge in [-0.25, -0.2) is 4.99 Å². The molecule has 0 bridgehead atoms. The lowest BCUT2D eigenvalue weighted by molar-refractivity contribution is -0.120. The molecule has 0 saturated heterocycles. The number of carbonyl (C=O) groups is 2. The number of nitrogens with zero attached hydrogens (tertiary/aromatic N) is 2. The normalized spacial score (nSPS) is 18.6. The predicted octanol–water partition coefficient (Wildman–Crippen LogP) is 4.10. The second kappa shape index (κ2) is 9.85. The molecule has 2 amide bonds. The third-order valence-corrected chi connectivity index (χ3v) is 7.44. The van der Waals surface area contributed by atoms with Crippen molar-refractivity contribution in [1.29, 1.82) is 0 Å². The van der Waals surface area contributed by atoms with Crippen molar-refractivity contribution < 1.29 is 19.1 Å². The van der Waals surface area contributed by atoms with Crippen molar-refractivity contribution in [3.63, 3.8) is 0 Å². The number of aliphatic imine (C=N–C) groups is 1. The Bertz CT molecular complexity index is 1430. The molecule has 6 rings (SSSR count). The van der Waals surface area contributed by atoms with Gasteiger partial charge in [-0.1, -0.05) is 30.3 Å². The molecule has 0 unspecified atom stereocenters. The fourth-order valence-electron chi connectivity index (χ4n) is 5.60. The Balaban J connectivity index is 1.36. The highest BCUT2D eigenvalue weighted by atomic mass is 16.5. The van der Waals surface area contributed by atoms with Crippen LogP contribution < -0.4 is 25.4 Å². The molecule has 3 aliphatic rings. The summed E-state index contributed by atoms with van der Waals surface area (Å²) in [6, 6.07) is 18.5. The number of ether oxygens (including phenoxy) is 2. The third-order valence-electron chi connectivity index (χ3n) is 7.44. The first-order valence-corrected chi connectivity index (χ1v) is 13.0. The van der Waals surface area contributed by atoms with E-state index in [1.807, 2.05) is 42.5 Å². The first-order chi connectivity index (χ1) is 18.5. The first-order valence-electron chi connectivity index (χ1n) is 13.0. The predicted molar refractivity (Wildman–Crippen MR) is 146 cm³/mol. The van der Waals surface area contributed by atoms with Crippen LogP contribution in [0.4, 0.5) is 11.4 Å². The summed E-state index contributed by atoms with van der Waals surface area (Å²) in [6.45, 7) is 0.510. The Morgan fingerprint density at radius 2 is 1.84 bits per heavy atom. The summed E-state index contributed by atoms with van der Waals surface area (Å²) in [5, 5.41) is 2.87. The van der Waals surface area contributed by atoms with Crippen LogP contribution in [-0.4, -0.2) is 43.5 Å². The van der Waals surface area contributed by atoms with Crippen LogP contribution in [0.1, 0.15) is 52.7 Å². The van der Waals surface area contributed by atoms with E-state index in [4.69, 9.17) is 20.2 Å². The zero-order chi connectivity index (χ0) is 26.2. The van der Waals surface area contributed by atoms with Gasteiger partial charge in [0.05, 0.1) is 24.6 Å². The fraction of sp³-hybridized carbons (Fsp3) is 0.300. The van der Waals surface area contributed by atoms with Gasteiger partial charge in [0.1, 0.15) is 0 Å². The van der Waals surface area contributed by atoms with Crippen molar-refractivity contribution in [2.75, 3.05) is 24.3 Å². The zero-order valence-electron chi connectivity index (χ0n) is 21.3. The number of hydrogen-bond acceptors (Lipinski definition) is 6. The summed E-state index contributed by atoms with van der Waals surface area (Å²) >= 11 is 0. The van der Waals surface area contributed by atoms with Gasteiger partial charge in [0.15, 0.2) is 11.5 Å². The Labute approximate surface area is 221 Å². The van der Waals surface area contributed by atoms with E-state index in [-0.39, 0.29) is 12.0 Å². The lowest BCUT2D eigenvalue weighted by Crippen LogP contribution is -2.47. The van der Waals surface area contributed by atoms with Crippen molar-refractivity contribution >= 4 is 28.9 Å². The molecule has 0 spiro atoms. The molecule has 1 fully saturated rings. The van der Waals surface area contributed by atoms with Crippen molar-refractivity contribution in [3.8, 4) is 11.5 Å². The van der Waals surface area contributed by atoms with Gasteiger partial charge in [-0.05, 0) is 68.0 Å². The van der Waals surface area contributed by atoms with Gasteiger partial charge in [-0.15, -0.1) is 0 Å². The van der Waals surface area contributed by atoms with Crippen LogP contribution in [0.25, 0.3) is 0 Å². The number of methoxy groups -OCH3 is 1. The number of nitrogens with two attached hydrogens (primary N) is 1. The van der Waals surface area contributed by atoms with Crippen molar-refractivity contribution in [3.05, 3.63) is 82.9 Å². The van der Waals surface area contributed by atoms with Crippen LogP contribution in [0.5, 0.6) is 11.5 Å². The molecule has 3 aromatic carbocycles. The van der Waals surface area contributed by atoms with E-state index in [1.54, 1.807) is 30.2 Å². The van der Waals surface area contributed by atoms with Crippen LogP contribution >= 0.6 is 0 Å². The molecular formula is C30H30N4O4. The number of nitrogen functional groups attached to an aromatic ring is 1. The number of anilines is 2. The fourth-order valence-corrected chi connectivity index (χ4v) is 5.60. The monoisotopic (exact) mass is 510 g/mol. The SMILES string of the molecule is COc1ccc(C(=O)N[C@@H]2N=C(c3ccccc3)c3cc(N)cc4c3N(CC4)C2=O)cc1OC1CCCC1. The van der Waals surface area contributed by atoms with Crippen LogP contribution in [0, 0.1) is 0 Å². The molecule has 2 aliphatic heterocycles. The van der Waals surface area contributed by atoms with Crippen LogP contribution in [0.15, 0.2) is 65.7 Å².